The van der Waals surface area contributed by atoms with E-state index in [1.807, 2.05) is 16.7 Å². The molecule has 1 aliphatic carbocycles. The van der Waals surface area contributed by atoms with Gasteiger partial charge in [-0.1, -0.05) is 18.2 Å². The van der Waals surface area contributed by atoms with Crippen molar-refractivity contribution in [1.29, 1.82) is 0 Å². The lowest BCUT2D eigenvalue weighted by Gasteiger charge is -2.12. The Morgan fingerprint density at radius 2 is 1.80 bits per heavy atom. The van der Waals surface area contributed by atoms with Crippen LogP contribution in [0.5, 0.6) is 0 Å². The summed E-state index contributed by atoms with van der Waals surface area (Å²) in [5.74, 6) is -1.49. The summed E-state index contributed by atoms with van der Waals surface area (Å²) >= 11 is 0. The average molecular weight is 337 g/mol. The second kappa shape index (κ2) is 5.84. The van der Waals surface area contributed by atoms with Gasteiger partial charge in [0, 0.05) is 17.6 Å². The van der Waals surface area contributed by atoms with Crippen molar-refractivity contribution in [3.05, 3.63) is 81.4 Å². The van der Waals surface area contributed by atoms with Crippen LogP contribution in [0.4, 0.5) is 4.39 Å². The fraction of sp³-hybridized carbons (Fsp3) is 0.200. The fourth-order valence-electron chi connectivity index (χ4n) is 3.16. The van der Waals surface area contributed by atoms with Gasteiger partial charge in [0.25, 0.3) is 0 Å². The van der Waals surface area contributed by atoms with Crippen LogP contribution in [0.1, 0.15) is 40.4 Å². The Morgan fingerprint density at radius 1 is 1.12 bits per heavy atom. The smallest absolute Gasteiger partial charge is 0.341 e. The van der Waals surface area contributed by atoms with Gasteiger partial charge in [-0.15, -0.1) is 0 Å². The monoisotopic (exact) mass is 337 g/mol. The van der Waals surface area contributed by atoms with Gasteiger partial charge >= 0.3 is 5.97 Å². The first-order chi connectivity index (χ1) is 12.0. The zero-order chi connectivity index (χ0) is 17.6. The van der Waals surface area contributed by atoms with E-state index in [0.717, 1.165) is 29.5 Å². The van der Waals surface area contributed by atoms with Crippen molar-refractivity contribution in [1.82, 2.24) is 4.57 Å². The molecule has 4 rings (SSSR count). The fourth-order valence-corrected chi connectivity index (χ4v) is 3.16. The lowest BCUT2D eigenvalue weighted by molar-refractivity contribution is 0.0695. The van der Waals surface area contributed by atoms with Gasteiger partial charge in [0.1, 0.15) is 11.4 Å². The molecule has 0 unspecified atom stereocenters. The van der Waals surface area contributed by atoms with Crippen LogP contribution in [-0.2, 0) is 6.42 Å². The van der Waals surface area contributed by atoms with Gasteiger partial charge in [-0.25, -0.2) is 9.18 Å². The van der Waals surface area contributed by atoms with Crippen LogP contribution >= 0.6 is 0 Å². The number of hydrogen-bond donors (Lipinski definition) is 1. The maximum absolute atomic E-state index is 13.0. The van der Waals surface area contributed by atoms with Crippen LogP contribution in [0.3, 0.4) is 0 Å². The number of rotatable bonds is 4. The predicted octanol–water partition coefficient (Wildman–Crippen LogP) is 3.76. The van der Waals surface area contributed by atoms with Gasteiger partial charge in [0.15, 0.2) is 0 Å². The van der Waals surface area contributed by atoms with E-state index in [9.17, 15) is 19.1 Å². The van der Waals surface area contributed by atoms with E-state index in [0.29, 0.717) is 11.8 Å². The molecule has 1 saturated carbocycles. The van der Waals surface area contributed by atoms with Crippen LogP contribution < -0.4 is 5.43 Å². The minimum Gasteiger partial charge on any atom is -0.477 e. The maximum atomic E-state index is 13.0. The third-order valence-electron chi connectivity index (χ3n) is 4.59. The molecule has 2 aromatic carbocycles. The Morgan fingerprint density at radius 3 is 2.44 bits per heavy atom. The molecule has 25 heavy (non-hydrogen) atoms. The first-order valence-corrected chi connectivity index (χ1v) is 8.18. The third-order valence-corrected chi connectivity index (χ3v) is 4.59. The molecule has 126 valence electrons. The summed E-state index contributed by atoms with van der Waals surface area (Å²) < 4.78 is 14.9. The quantitative estimate of drug-likeness (QED) is 0.788. The Kier molecular flexibility index (Phi) is 3.64. The minimum atomic E-state index is -1.20. The predicted molar refractivity (Wildman–Crippen MR) is 92.6 cm³/mol. The van der Waals surface area contributed by atoms with Gasteiger partial charge in [-0.2, -0.15) is 0 Å². The topological polar surface area (TPSA) is 59.3 Å². The molecule has 0 spiro atoms. The number of nitrogens with zero attached hydrogens (tertiary/aromatic N) is 1. The third kappa shape index (κ3) is 2.93. The Hall–Kier alpha value is -2.95. The molecule has 3 aromatic rings. The molecule has 0 amide bonds. The standard InChI is InChI=1S/C20H16FNO3/c21-14-4-1-12(2-5-14)9-13-3-8-18-16(10-13)19(23)17(20(24)25)11-22(18)15-6-7-15/h1-5,8,10-11,15H,6-7,9H2,(H,24,25). The van der Waals surface area contributed by atoms with Crippen LogP contribution in [0, 0.1) is 5.82 Å². The highest BCUT2D eigenvalue weighted by molar-refractivity contribution is 5.92. The van der Waals surface area contributed by atoms with E-state index < -0.39 is 11.4 Å². The van der Waals surface area contributed by atoms with Crippen molar-refractivity contribution in [3.63, 3.8) is 0 Å². The van der Waals surface area contributed by atoms with Gasteiger partial charge in [0.05, 0.1) is 5.52 Å². The molecular formula is C20H16FNO3. The zero-order valence-corrected chi connectivity index (χ0v) is 13.4. The number of hydrogen-bond acceptors (Lipinski definition) is 2. The molecule has 1 heterocycles. The van der Waals surface area contributed by atoms with Crippen molar-refractivity contribution in [2.24, 2.45) is 0 Å². The van der Waals surface area contributed by atoms with E-state index in [4.69, 9.17) is 0 Å². The molecular weight excluding hydrogens is 321 g/mol. The normalized spacial score (nSPS) is 14.0. The zero-order valence-electron chi connectivity index (χ0n) is 13.4. The molecule has 4 nitrogen and oxygen atoms in total. The minimum absolute atomic E-state index is 0.196. The molecule has 0 atom stereocenters. The Bertz CT molecular complexity index is 1030. The summed E-state index contributed by atoms with van der Waals surface area (Å²) in [5, 5.41) is 9.76. The lowest BCUT2D eigenvalue weighted by atomic mass is 10.0. The molecule has 0 saturated heterocycles. The summed E-state index contributed by atoms with van der Waals surface area (Å²) in [4.78, 5) is 24.0. The lowest BCUT2D eigenvalue weighted by Crippen LogP contribution is -2.18. The molecule has 1 fully saturated rings. The molecule has 5 heteroatoms. The summed E-state index contributed by atoms with van der Waals surface area (Å²) in [5.41, 5.74) is 1.93. The summed E-state index contributed by atoms with van der Waals surface area (Å²) in [6, 6.07) is 12.0. The first-order valence-electron chi connectivity index (χ1n) is 8.18. The number of pyridine rings is 1. The molecule has 0 aliphatic heterocycles. The Balaban J connectivity index is 1.83. The molecule has 1 aliphatic rings. The van der Waals surface area contributed by atoms with Crippen molar-refractivity contribution >= 4 is 16.9 Å². The van der Waals surface area contributed by atoms with Crippen LogP contribution in [0.2, 0.25) is 0 Å². The first kappa shape index (κ1) is 15.6. The van der Waals surface area contributed by atoms with Crippen LogP contribution in [0.25, 0.3) is 10.9 Å². The number of carbonyl (C=O) groups is 1. The largest absolute Gasteiger partial charge is 0.477 e. The number of aromatic nitrogens is 1. The summed E-state index contributed by atoms with van der Waals surface area (Å²) in [6.45, 7) is 0. The molecule has 1 N–H and O–H groups in total. The van der Waals surface area contributed by atoms with Gasteiger partial charge in [-0.05, 0) is 54.7 Å². The van der Waals surface area contributed by atoms with E-state index in [1.165, 1.54) is 18.3 Å². The highest BCUT2D eigenvalue weighted by Gasteiger charge is 2.26. The van der Waals surface area contributed by atoms with E-state index >= 15 is 0 Å². The number of fused-ring (bicyclic) bond motifs is 1. The summed E-state index contributed by atoms with van der Waals surface area (Å²) in [7, 11) is 0. The van der Waals surface area contributed by atoms with Crippen LogP contribution in [-0.4, -0.2) is 15.6 Å². The van der Waals surface area contributed by atoms with Gasteiger partial charge < -0.3 is 9.67 Å². The van der Waals surface area contributed by atoms with Crippen molar-refractivity contribution in [3.8, 4) is 0 Å². The molecule has 1 aromatic heterocycles. The summed E-state index contributed by atoms with van der Waals surface area (Å²) in [6.07, 6.45) is 4.00. The molecule has 0 bridgehead atoms. The number of carboxylic acids is 1. The maximum Gasteiger partial charge on any atom is 0.341 e. The average Bonchev–Trinajstić information content (AvgIpc) is 3.42. The number of benzene rings is 2. The van der Waals surface area contributed by atoms with Crippen molar-refractivity contribution in [2.75, 3.05) is 0 Å². The van der Waals surface area contributed by atoms with Crippen molar-refractivity contribution in [2.45, 2.75) is 25.3 Å². The van der Waals surface area contributed by atoms with E-state index in [-0.39, 0.29) is 17.4 Å². The Labute approximate surface area is 143 Å². The number of aromatic carboxylic acids is 1. The van der Waals surface area contributed by atoms with Gasteiger partial charge in [-0.3, -0.25) is 4.79 Å². The SMILES string of the molecule is O=C(O)c1cn(C2CC2)c2ccc(Cc3ccc(F)cc3)cc2c1=O. The number of carboxylic acid groups (broad SMARTS) is 1. The second-order valence-electron chi connectivity index (χ2n) is 6.47. The van der Waals surface area contributed by atoms with Gasteiger partial charge in [0.2, 0.25) is 5.43 Å². The van der Waals surface area contributed by atoms with Crippen molar-refractivity contribution < 1.29 is 14.3 Å². The molecule has 0 radical (unpaired) electrons. The second-order valence-corrected chi connectivity index (χ2v) is 6.47. The van der Waals surface area contributed by atoms with Crippen LogP contribution in [0.15, 0.2) is 53.5 Å². The van der Waals surface area contributed by atoms with E-state index in [1.54, 1.807) is 18.2 Å². The highest BCUT2D eigenvalue weighted by Crippen LogP contribution is 2.37. The van der Waals surface area contributed by atoms with E-state index in [2.05, 4.69) is 0 Å². The number of halogens is 1. The highest BCUT2D eigenvalue weighted by atomic mass is 19.1.